The van der Waals surface area contributed by atoms with Gasteiger partial charge in [0, 0.05) is 79.6 Å². The lowest BCUT2D eigenvalue weighted by Crippen LogP contribution is -2.34. The zero-order valence-electron chi connectivity index (χ0n) is 31.0. The summed E-state index contributed by atoms with van der Waals surface area (Å²) in [6, 6.07) is 13.6. The number of aromatic hydroxyl groups is 2. The van der Waals surface area contributed by atoms with E-state index >= 15 is 0 Å². The number of aromatic nitrogens is 1. The van der Waals surface area contributed by atoms with E-state index in [1.54, 1.807) is 12.1 Å². The summed E-state index contributed by atoms with van der Waals surface area (Å²) < 4.78 is 6.41. The number of nitrogens with two attached hydrogens (primary N) is 1. The van der Waals surface area contributed by atoms with Gasteiger partial charge in [-0.05, 0) is 126 Å². The lowest BCUT2D eigenvalue weighted by molar-refractivity contribution is 0.312. The molecule has 10 nitrogen and oxygen atoms in total. The Morgan fingerprint density at radius 2 is 1.47 bits per heavy atom. The molecule has 5 heterocycles. The number of rotatable bonds is 4. The molecule has 3 aromatic carbocycles. The Labute approximate surface area is 313 Å². The molecule has 3 aromatic rings. The van der Waals surface area contributed by atoms with Crippen LogP contribution in [0.25, 0.3) is 22.6 Å². The van der Waals surface area contributed by atoms with E-state index in [1.165, 1.54) is 91.9 Å². The first-order valence-corrected chi connectivity index (χ1v) is 19.0. The molecule has 0 aromatic heterocycles. The summed E-state index contributed by atoms with van der Waals surface area (Å²) in [7, 11) is 0. The zero-order valence-corrected chi connectivity index (χ0v) is 31.0. The highest BCUT2D eigenvalue weighted by atomic mass is 16.6. The van der Waals surface area contributed by atoms with Crippen LogP contribution < -0.4 is 31.2 Å². The third kappa shape index (κ3) is 7.60. The second-order valence-corrected chi connectivity index (χ2v) is 14.2. The molecule has 0 bridgehead atoms. The van der Waals surface area contributed by atoms with E-state index in [1.807, 2.05) is 26.0 Å². The van der Waals surface area contributed by atoms with Crippen LogP contribution >= 0.6 is 0 Å². The monoisotopic (exact) mass is 720 g/mol. The predicted octanol–water partition coefficient (Wildman–Crippen LogP) is 7.97. The van der Waals surface area contributed by atoms with Crippen LogP contribution in [-0.2, 0) is 25.7 Å². The van der Waals surface area contributed by atoms with Crippen LogP contribution in [0.3, 0.4) is 0 Å². The molecule has 0 saturated heterocycles. The number of benzene rings is 4. The summed E-state index contributed by atoms with van der Waals surface area (Å²) in [4.78, 5) is 19.0. The number of fused-ring (bicyclic) bond motifs is 3. The highest BCUT2D eigenvalue weighted by Gasteiger charge is 2.28. The standard InChI is InChI=1S/C21H23N3O.C12H15NO.C9H14N2O2.CH4/c1-3-22-16-12-19-17(10-13(16)2)23-18-11-14-6-4-8-24-9-5-7-15(20(14)24)21(18)25-19;14-11-6-5-9-3-1-7-13-8-2-4-10(11)12(9)13;1-3-11-7-5-8(12)9(13-10)4-6(7)2;/h10-12H,3-9H2,1-2H3;5-6,14H,1-4,7-8H2;4-5,11-12H,3,10H2,1-2H3;1H4. The quantitative estimate of drug-likeness (QED) is 0.108. The first kappa shape index (κ1) is 37.8. The fourth-order valence-corrected chi connectivity index (χ4v) is 8.33. The number of hydrogen-bond donors (Lipinski definition) is 4. The molecule has 9 rings (SSSR count). The van der Waals surface area contributed by atoms with Crippen molar-refractivity contribution < 1.29 is 19.5 Å². The van der Waals surface area contributed by atoms with Crippen molar-refractivity contribution >= 4 is 28.2 Å². The molecule has 10 heteroatoms. The summed E-state index contributed by atoms with van der Waals surface area (Å²) in [5, 5.41) is 23.3. The minimum Gasteiger partial charge on any atom is -0.508 e. The summed E-state index contributed by atoms with van der Waals surface area (Å²) >= 11 is 0. The normalized spacial score (nSPS) is 15.7. The van der Waals surface area contributed by atoms with E-state index in [0.717, 1.165) is 77.1 Å². The SMILES string of the molecule is C.CCN=c1cc2oc3c4c5c(cc3nc-2cc1C)CCCN5CCC4.CCNc1cc(O)c(ON)cc1C.Oc1ccc2c3c1CCCN3CCC2. The molecule has 282 valence electrons. The third-order valence-corrected chi connectivity index (χ3v) is 10.7. The summed E-state index contributed by atoms with van der Waals surface area (Å²) in [6.07, 6.45) is 9.35. The first-order chi connectivity index (χ1) is 25.3. The molecule has 1 aliphatic carbocycles. The Balaban J connectivity index is 0.000000147. The maximum absolute atomic E-state index is 9.79. The van der Waals surface area contributed by atoms with Crippen molar-refractivity contribution in [3.05, 3.63) is 81.2 Å². The average Bonchev–Trinajstić information content (AvgIpc) is 3.15. The van der Waals surface area contributed by atoms with Crippen molar-refractivity contribution in [2.45, 2.75) is 86.5 Å². The van der Waals surface area contributed by atoms with Crippen LogP contribution in [0.5, 0.6) is 17.2 Å². The molecule has 5 N–H and O–H groups in total. The topological polar surface area (TPSA) is 133 Å². The molecule has 0 amide bonds. The Morgan fingerprint density at radius 1 is 0.811 bits per heavy atom. The summed E-state index contributed by atoms with van der Waals surface area (Å²) in [5.41, 5.74) is 14.2. The van der Waals surface area contributed by atoms with Gasteiger partial charge < -0.3 is 34.6 Å². The van der Waals surface area contributed by atoms with Crippen molar-refractivity contribution in [3.8, 4) is 28.7 Å². The average molecular weight is 721 g/mol. The van der Waals surface area contributed by atoms with Crippen molar-refractivity contribution in [2.24, 2.45) is 10.9 Å². The van der Waals surface area contributed by atoms with Crippen LogP contribution in [0.15, 0.2) is 51.9 Å². The van der Waals surface area contributed by atoms with E-state index in [9.17, 15) is 10.2 Å². The van der Waals surface area contributed by atoms with Gasteiger partial charge in [0.05, 0.1) is 5.36 Å². The Kier molecular flexibility index (Phi) is 11.7. The van der Waals surface area contributed by atoms with Gasteiger partial charge in [-0.3, -0.25) is 4.99 Å². The smallest absolute Gasteiger partial charge is 0.188 e. The van der Waals surface area contributed by atoms with Crippen molar-refractivity contribution in [2.75, 3.05) is 54.4 Å². The Morgan fingerprint density at radius 3 is 2.15 bits per heavy atom. The van der Waals surface area contributed by atoms with Crippen LogP contribution in [0.2, 0.25) is 0 Å². The van der Waals surface area contributed by atoms with E-state index in [-0.39, 0.29) is 13.2 Å². The highest BCUT2D eigenvalue weighted by molar-refractivity contribution is 5.87. The van der Waals surface area contributed by atoms with Crippen LogP contribution in [-0.4, -0.2) is 54.5 Å². The molecule has 0 fully saturated rings. The third-order valence-electron chi connectivity index (χ3n) is 10.7. The number of aryl methyl sites for hydroxylation is 5. The van der Waals surface area contributed by atoms with Gasteiger partial charge in [0.1, 0.15) is 17.0 Å². The van der Waals surface area contributed by atoms with Crippen LogP contribution in [0.1, 0.15) is 80.3 Å². The van der Waals surface area contributed by atoms with Crippen LogP contribution in [0, 0.1) is 13.8 Å². The Hall–Kier alpha value is -4.96. The van der Waals surface area contributed by atoms with Gasteiger partial charge in [0.25, 0.3) is 0 Å². The van der Waals surface area contributed by atoms with Crippen molar-refractivity contribution in [3.63, 3.8) is 0 Å². The predicted molar refractivity (Wildman–Crippen MR) is 216 cm³/mol. The fraction of sp³-hybridized carbons (Fsp3) is 0.442. The number of nitrogens with zero attached hydrogens (tertiary/aromatic N) is 4. The van der Waals surface area contributed by atoms with E-state index in [4.69, 9.17) is 15.3 Å². The lowest BCUT2D eigenvalue weighted by atomic mass is 9.91. The van der Waals surface area contributed by atoms with E-state index in [2.05, 4.69) is 57.0 Å². The number of anilines is 3. The minimum atomic E-state index is 0. The maximum Gasteiger partial charge on any atom is 0.188 e. The largest absolute Gasteiger partial charge is 0.508 e. The minimum absolute atomic E-state index is 0. The number of nitrogens with one attached hydrogen (secondary N) is 1. The van der Waals surface area contributed by atoms with Gasteiger partial charge in [-0.2, -0.15) is 5.90 Å². The molecule has 5 aliphatic heterocycles. The number of phenols is 2. The summed E-state index contributed by atoms with van der Waals surface area (Å²) in [5.74, 6) is 6.64. The van der Waals surface area contributed by atoms with Gasteiger partial charge >= 0.3 is 0 Å². The number of phenolic OH excluding ortho intramolecular Hbond substituents is 2. The van der Waals surface area contributed by atoms with Gasteiger partial charge in [-0.1, -0.05) is 13.5 Å². The van der Waals surface area contributed by atoms with E-state index in [0.29, 0.717) is 11.5 Å². The molecule has 0 saturated carbocycles. The fourth-order valence-electron chi connectivity index (χ4n) is 8.33. The number of hydrogen-bond acceptors (Lipinski definition) is 10. The molecule has 0 spiro atoms. The molecule has 0 atom stereocenters. The van der Waals surface area contributed by atoms with Gasteiger partial charge in [0.2, 0.25) is 0 Å². The van der Waals surface area contributed by atoms with Crippen molar-refractivity contribution in [1.82, 2.24) is 4.98 Å². The highest BCUT2D eigenvalue weighted by Crippen LogP contribution is 2.42. The molecular weight excluding hydrogens is 665 g/mol. The zero-order chi connectivity index (χ0) is 36.4. The molecular formula is C43H56N6O4. The van der Waals surface area contributed by atoms with E-state index < -0.39 is 0 Å². The molecule has 0 unspecified atom stereocenters. The van der Waals surface area contributed by atoms with Gasteiger partial charge in [0.15, 0.2) is 22.8 Å². The van der Waals surface area contributed by atoms with Crippen molar-refractivity contribution in [1.29, 1.82) is 0 Å². The first-order valence-electron chi connectivity index (χ1n) is 19.0. The second-order valence-electron chi connectivity index (χ2n) is 14.2. The van der Waals surface area contributed by atoms with Crippen LogP contribution in [0.4, 0.5) is 17.1 Å². The summed E-state index contributed by atoms with van der Waals surface area (Å²) in [6.45, 7) is 14.3. The molecule has 0 radical (unpaired) electrons. The molecule has 53 heavy (non-hydrogen) atoms. The Bertz CT molecular complexity index is 2120. The second kappa shape index (κ2) is 16.4. The molecule has 6 aliphatic rings. The maximum atomic E-state index is 9.79. The van der Waals surface area contributed by atoms with Gasteiger partial charge in [-0.25, -0.2) is 4.98 Å². The van der Waals surface area contributed by atoms with Gasteiger partial charge in [-0.15, -0.1) is 0 Å². The lowest BCUT2D eigenvalue weighted by Gasteiger charge is -2.37.